The molecule has 2 amide bonds. The minimum absolute atomic E-state index is 0.150. The number of methoxy groups -OCH3 is 1. The van der Waals surface area contributed by atoms with E-state index in [4.69, 9.17) is 32.4 Å². The van der Waals surface area contributed by atoms with Crippen molar-refractivity contribution in [2.75, 3.05) is 27.2 Å². The molecule has 1 unspecified atom stereocenters. The molecule has 1 aliphatic heterocycles. The Labute approximate surface area is 237 Å². The molecule has 0 bridgehead atoms. The molecule has 0 N–H and O–H groups in total. The summed E-state index contributed by atoms with van der Waals surface area (Å²) in [6.07, 6.45) is -3.18. The first kappa shape index (κ1) is 27.9. The van der Waals surface area contributed by atoms with Gasteiger partial charge in [0.25, 0.3) is 11.8 Å². The van der Waals surface area contributed by atoms with Crippen LogP contribution in [0.25, 0.3) is 11.0 Å². The molecule has 0 aliphatic carbocycles. The summed E-state index contributed by atoms with van der Waals surface area (Å²) in [4.78, 5) is 30.1. The van der Waals surface area contributed by atoms with Crippen molar-refractivity contribution in [3.05, 3.63) is 99.2 Å². The van der Waals surface area contributed by atoms with E-state index in [0.29, 0.717) is 21.2 Å². The molecule has 3 aromatic carbocycles. The van der Waals surface area contributed by atoms with Crippen LogP contribution in [0.1, 0.15) is 37.8 Å². The molecule has 1 fully saturated rings. The quantitative estimate of drug-likeness (QED) is 0.248. The maximum atomic E-state index is 13.6. The van der Waals surface area contributed by atoms with Crippen LogP contribution in [0.2, 0.25) is 10.0 Å². The summed E-state index contributed by atoms with van der Waals surface area (Å²) < 4.78 is 51.1. The SMILES string of the molecule is COc1ccc(C(=O)N(C)[C@@H]2CN(C(=O)c3ccc4occc4c3)CC2c2ccc(Cl)c(Cl)c2)cc1C(F)(F)F. The first-order valence-corrected chi connectivity index (χ1v) is 13.0. The number of likely N-dealkylation sites (tertiary alicyclic amines) is 1. The van der Waals surface area contributed by atoms with E-state index in [1.807, 2.05) is 0 Å². The summed E-state index contributed by atoms with van der Waals surface area (Å²) in [6.45, 7) is 0.399. The van der Waals surface area contributed by atoms with Crippen LogP contribution in [-0.4, -0.2) is 54.9 Å². The molecule has 6 nitrogen and oxygen atoms in total. The van der Waals surface area contributed by atoms with Crippen LogP contribution < -0.4 is 4.74 Å². The highest BCUT2D eigenvalue weighted by molar-refractivity contribution is 6.42. The fourth-order valence-corrected chi connectivity index (χ4v) is 5.42. The Morgan fingerprint density at radius 2 is 1.73 bits per heavy atom. The average Bonchev–Trinajstić information content (AvgIpc) is 3.59. The second-order valence-electron chi connectivity index (χ2n) is 9.56. The van der Waals surface area contributed by atoms with E-state index >= 15 is 0 Å². The van der Waals surface area contributed by atoms with Crippen molar-refractivity contribution < 1.29 is 31.9 Å². The van der Waals surface area contributed by atoms with Gasteiger partial charge in [-0.2, -0.15) is 13.2 Å². The van der Waals surface area contributed by atoms with Gasteiger partial charge in [0.1, 0.15) is 11.3 Å². The summed E-state index contributed by atoms with van der Waals surface area (Å²) >= 11 is 12.4. The predicted octanol–water partition coefficient (Wildman–Crippen LogP) is 7.15. The van der Waals surface area contributed by atoms with Crippen LogP contribution in [0, 0.1) is 0 Å². The third-order valence-corrected chi connectivity index (χ3v) is 7.96. The normalized spacial score (nSPS) is 17.3. The number of fused-ring (bicyclic) bond motifs is 1. The number of benzene rings is 3. The maximum absolute atomic E-state index is 13.6. The summed E-state index contributed by atoms with van der Waals surface area (Å²) in [6, 6.07) is 14.6. The minimum atomic E-state index is -4.71. The molecule has 2 atom stereocenters. The van der Waals surface area contributed by atoms with E-state index in [2.05, 4.69) is 0 Å². The van der Waals surface area contributed by atoms with Gasteiger partial charge in [0.15, 0.2) is 0 Å². The van der Waals surface area contributed by atoms with E-state index in [-0.39, 0.29) is 36.2 Å². The van der Waals surface area contributed by atoms with Crippen LogP contribution >= 0.6 is 23.2 Å². The van der Waals surface area contributed by atoms with Gasteiger partial charge >= 0.3 is 6.18 Å². The number of carbonyl (C=O) groups excluding carboxylic acids is 2. The molecule has 11 heteroatoms. The highest BCUT2D eigenvalue weighted by Crippen LogP contribution is 2.38. The summed E-state index contributed by atoms with van der Waals surface area (Å²) in [7, 11) is 2.65. The second-order valence-corrected chi connectivity index (χ2v) is 10.4. The highest BCUT2D eigenvalue weighted by atomic mass is 35.5. The van der Waals surface area contributed by atoms with Crippen LogP contribution in [0.4, 0.5) is 13.2 Å². The Balaban J connectivity index is 1.48. The molecule has 40 heavy (non-hydrogen) atoms. The van der Waals surface area contributed by atoms with Gasteiger partial charge in [-0.25, -0.2) is 0 Å². The number of halogens is 5. The molecule has 2 heterocycles. The second kappa shape index (κ2) is 10.7. The number of amides is 2. The van der Waals surface area contributed by atoms with Crippen molar-refractivity contribution >= 4 is 46.0 Å². The van der Waals surface area contributed by atoms with Crippen molar-refractivity contribution in [1.29, 1.82) is 0 Å². The number of hydrogen-bond donors (Lipinski definition) is 0. The average molecular weight is 591 g/mol. The van der Waals surface area contributed by atoms with Gasteiger partial charge in [-0.15, -0.1) is 0 Å². The number of alkyl halides is 3. The third kappa shape index (κ3) is 5.23. The number of likely N-dealkylation sites (N-methyl/N-ethyl adjacent to an activating group) is 1. The van der Waals surface area contributed by atoms with Gasteiger partial charge in [-0.05, 0) is 60.2 Å². The third-order valence-electron chi connectivity index (χ3n) is 7.22. The summed E-state index contributed by atoms with van der Waals surface area (Å²) in [5.74, 6) is -1.64. The molecular weight excluding hydrogens is 568 g/mol. The largest absolute Gasteiger partial charge is 0.496 e. The molecule has 0 spiro atoms. The molecule has 1 aromatic heterocycles. The van der Waals surface area contributed by atoms with Crippen LogP contribution in [-0.2, 0) is 6.18 Å². The predicted molar refractivity (Wildman–Crippen MR) is 145 cm³/mol. The summed E-state index contributed by atoms with van der Waals surface area (Å²) in [5, 5.41) is 1.44. The zero-order chi connectivity index (χ0) is 28.8. The minimum Gasteiger partial charge on any atom is -0.496 e. The number of carbonyl (C=O) groups is 2. The van der Waals surface area contributed by atoms with Crippen molar-refractivity contribution in [2.45, 2.75) is 18.1 Å². The lowest BCUT2D eigenvalue weighted by Crippen LogP contribution is -2.42. The lowest BCUT2D eigenvalue weighted by atomic mass is 9.93. The fourth-order valence-electron chi connectivity index (χ4n) is 5.11. The lowest BCUT2D eigenvalue weighted by Gasteiger charge is -2.29. The van der Waals surface area contributed by atoms with Gasteiger partial charge < -0.3 is 19.0 Å². The molecule has 1 saturated heterocycles. The molecule has 208 valence electrons. The van der Waals surface area contributed by atoms with E-state index in [1.54, 1.807) is 47.4 Å². The van der Waals surface area contributed by atoms with Crippen molar-refractivity contribution in [3.8, 4) is 5.75 Å². The zero-order valence-corrected chi connectivity index (χ0v) is 22.8. The first-order chi connectivity index (χ1) is 19.0. The Morgan fingerprint density at radius 1 is 0.975 bits per heavy atom. The van der Waals surface area contributed by atoms with Crippen LogP contribution in [0.5, 0.6) is 5.75 Å². The monoisotopic (exact) mass is 590 g/mol. The van der Waals surface area contributed by atoms with Crippen LogP contribution in [0.3, 0.4) is 0 Å². The zero-order valence-electron chi connectivity index (χ0n) is 21.3. The van der Waals surface area contributed by atoms with Gasteiger partial charge in [0, 0.05) is 42.6 Å². The molecule has 1 aliphatic rings. The number of furan rings is 1. The molecule has 4 aromatic rings. The molecule has 5 rings (SSSR count). The van der Waals surface area contributed by atoms with Crippen molar-refractivity contribution in [3.63, 3.8) is 0 Å². The Morgan fingerprint density at radius 3 is 2.42 bits per heavy atom. The van der Waals surface area contributed by atoms with Gasteiger partial charge in [0.05, 0.1) is 35.0 Å². The lowest BCUT2D eigenvalue weighted by molar-refractivity contribution is -0.138. The van der Waals surface area contributed by atoms with E-state index in [0.717, 1.165) is 30.2 Å². The standard InChI is InChI=1S/C29H23Cl2F3N2O4/c1-35(27(37)19-5-8-26(39-2)21(12-19)29(32,33)34)24-15-36(14-20(24)16-3-6-22(30)23(31)13-16)28(38)18-4-7-25-17(11-18)9-10-40-25/h3-13,20,24H,14-15H2,1-2H3/t20?,24-/m1/s1. The molecule has 0 radical (unpaired) electrons. The van der Waals surface area contributed by atoms with Gasteiger partial charge in [-0.1, -0.05) is 29.3 Å². The van der Waals surface area contributed by atoms with E-state index in [9.17, 15) is 22.8 Å². The number of rotatable bonds is 5. The topological polar surface area (TPSA) is 63.0 Å². The Hall–Kier alpha value is -3.69. The van der Waals surface area contributed by atoms with E-state index in [1.165, 1.54) is 24.3 Å². The molecular formula is C29H23Cl2F3N2O4. The van der Waals surface area contributed by atoms with Gasteiger partial charge in [-0.3, -0.25) is 9.59 Å². The fraction of sp³-hybridized carbons (Fsp3) is 0.241. The maximum Gasteiger partial charge on any atom is 0.419 e. The number of hydrogen-bond acceptors (Lipinski definition) is 4. The highest BCUT2D eigenvalue weighted by Gasteiger charge is 2.41. The van der Waals surface area contributed by atoms with Gasteiger partial charge in [0.2, 0.25) is 0 Å². The van der Waals surface area contributed by atoms with Crippen LogP contribution in [0.15, 0.2) is 71.3 Å². The smallest absolute Gasteiger partial charge is 0.419 e. The number of ether oxygens (including phenoxy) is 1. The summed E-state index contributed by atoms with van der Waals surface area (Å²) in [5.41, 5.74) is 0.631. The first-order valence-electron chi connectivity index (χ1n) is 12.2. The van der Waals surface area contributed by atoms with E-state index < -0.39 is 23.7 Å². The number of nitrogens with zero attached hydrogens (tertiary/aromatic N) is 2. The Kier molecular flexibility index (Phi) is 7.46. The Bertz CT molecular complexity index is 1600. The van der Waals surface area contributed by atoms with Crippen molar-refractivity contribution in [2.24, 2.45) is 0 Å². The molecule has 0 saturated carbocycles. The van der Waals surface area contributed by atoms with Crippen molar-refractivity contribution in [1.82, 2.24) is 9.80 Å².